The van der Waals surface area contributed by atoms with Crippen molar-refractivity contribution in [1.82, 2.24) is 0 Å². The van der Waals surface area contributed by atoms with Crippen molar-refractivity contribution in [2.75, 3.05) is 0 Å². The van der Waals surface area contributed by atoms with Crippen LogP contribution in [0.25, 0.3) is 0 Å². The van der Waals surface area contributed by atoms with Crippen LogP contribution < -0.4 is 9.47 Å². The van der Waals surface area contributed by atoms with E-state index in [0.29, 0.717) is 0 Å². The van der Waals surface area contributed by atoms with Crippen molar-refractivity contribution >= 4 is 0 Å². The Balaban J connectivity index is 1.57. The fourth-order valence-corrected chi connectivity index (χ4v) is 4.22. The van der Waals surface area contributed by atoms with Crippen molar-refractivity contribution in [2.24, 2.45) is 0 Å². The molecule has 29 heavy (non-hydrogen) atoms. The van der Waals surface area contributed by atoms with Gasteiger partial charge in [0.1, 0.15) is 23.7 Å². The Morgan fingerprint density at radius 1 is 0.586 bits per heavy atom. The van der Waals surface area contributed by atoms with Crippen LogP contribution in [0, 0.1) is 0 Å². The lowest BCUT2D eigenvalue weighted by Crippen LogP contribution is -2.43. The smallest absolute Gasteiger partial charge is 0.164 e. The molecule has 0 spiro atoms. The van der Waals surface area contributed by atoms with Crippen molar-refractivity contribution in [2.45, 2.75) is 44.1 Å². The second-order valence-corrected chi connectivity index (χ2v) is 7.90. The fourth-order valence-electron chi connectivity index (χ4n) is 4.22. The van der Waals surface area contributed by atoms with Crippen LogP contribution in [0.15, 0.2) is 84.9 Å². The Bertz CT molecular complexity index is 892. The average Bonchev–Trinajstić information content (AvgIpc) is 3.07. The van der Waals surface area contributed by atoms with Gasteiger partial charge in [-0.3, -0.25) is 0 Å². The normalized spacial score (nSPS) is 27.0. The summed E-state index contributed by atoms with van der Waals surface area (Å²) in [7, 11) is 0. The van der Waals surface area contributed by atoms with E-state index in [1.165, 1.54) is 0 Å². The van der Waals surface area contributed by atoms with E-state index in [4.69, 9.17) is 18.9 Å². The van der Waals surface area contributed by atoms with Gasteiger partial charge in [0.25, 0.3) is 0 Å². The summed E-state index contributed by atoms with van der Waals surface area (Å²) >= 11 is 0. The molecular formula is C25H24O4. The predicted molar refractivity (Wildman–Crippen MR) is 110 cm³/mol. The third-order valence-corrected chi connectivity index (χ3v) is 5.38. The molecule has 0 unspecified atom stereocenters. The van der Waals surface area contributed by atoms with E-state index in [1.807, 2.05) is 86.6 Å². The molecule has 0 radical (unpaired) electrons. The molecule has 0 saturated carbocycles. The van der Waals surface area contributed by atoms with Gasteiger partial charge in [-0.25, -0.2) is 0 Å². The van der Waals surface area contributed by atoms with Gasteiger partial charge in [0.2, 0.25) is 0 Å². The number of benzene rings is 3. The van der Waals surface area contributed by atoms with Gasteiger partial charge in [-0.2, -0.15) is 0 Å². The van der Waals surface area contributed by atoms with Crippen LogP contribution in [0.3, 0.4) is 0 Å². The largest absolute Gasteiger partial charge is 0.483 e. The first-order valence-electron chi connectivity index (χ1n) is 9.99. The number of para-hydroxylation sites is 2. The van der Waals surface area contributed by atoms with Gasteiger partial charge in [-0.05, 0) is 38.1 Å². The number of ether oxygens (including phenoxy) is 4. The summed E-state index contributed by atoms with van der Waals surface area (Å²) in [5, 5.41) is 0. The van der Waals surface area contributed by atoms with E-state index >= 15 is 0 Å². The Morgan fingerprint density at radius 3 is 1.38 bits per heavy atom. The molecular weight excluding hydrogens is 364 g/mol. The van der Waals surface area contributed by atoms with E-state index in [-0.39, 0.29) is 24.4 Å². The van der Waals surface area contributed by atoms with E-state index in [1.54, 1.807) is 0 Å². The first kappa shape index (κ1) is 18.2. The molecule has 0 N–H and O–H groups in total. The highest BCUT2D eigenvalue weighted by Gasteiger charge is 2.55. The van der Waals surface area contributed by atoms with Crippen LogP contribution in [0.2, 0.25) is 0 Å². The molecule has 0 amide bonds. The van der Waals surface area contributed by atoms with Crippen molar-refractivity contribution in [3.63, 3.8) is 0 Å². The molecule has 0 bridgehead atoms. The lowest BCUT2D eigenvalue weighted by molar-refractivity contribution is -0.157. The van der Waals surface area contributed by atoms with E-state index < -0.39 is 5.79 Å². The SMILES string of the molecule is CC1(C)O[C@H]2[C@H](O1)[C@@H](Oc1ccccc1)c1ccccc1[C@@H]2Oc1ccccc1. The lowest BCUT2D eigenvalue weighted by Gasteiger charge is -2.38. The van der Waals surface area contributed by atoms with Crippen LogP contribution in [-0.4, -0.2) is 18.0 Å². The molecule has 4 atom stereocenters. The highest BCUT2D eigenvalue weighted by atomic mass is 16.8. The number of hydrogen-bond donors (Lipinski definition) is 0. The van der Waals surface area contributed by atoms with Crippen LogP contribution in [0.1, 0.15) is 37.2 Å². The molecule has 1 heterocycles. The molecule has 1 fully saturated rings. The zero-order valence-electron chi connectivity index (χ0n) is 16.5. The molecule has 1 aliphatic heterocycles. The molecule has 5 rings (SSSR count). The van der Waals surface area contributed by atoms with Crippen molar-refractivity contribution in [3.05, 3.63) is 96.1 Å². The Labute approximate surface area is 171 Å². The molecule has 2 aliphatic rings. The third-order valence-electron chi connectivity index (χ3n) is 5.38. The number of rotatable bonds is 4. The fraction of sp³-hybridized carbons (Fsp3) is 0.280. The molecule has 3 aromatic rings. The van der Waals surface area contributed by atoms with Gasteiger partial charge < -0.3 is 18.9 Å². The summed E-state index contributed by atoms with van der Waals surface area (Å²) in [5.74, 6) is 0.900. The highest BCUT2D eigenvalue weighted by molar-refractivity contribution is 5.39. The maximum absolute atomic E-state index is 6.43. The van der Waals surface area contributed by atoms with Gasteiger partial charge in [-0.1, -0.05) is 60.7 Å². The molecule has 1 aliphatic carbocycles. The number of hydrogen-bond acceptors (Lipinski definition) is 4. The zero-order chi connectivity index (χ0) is 19.8. The summed E-state index contributed by atoms with van der Waals surface area (Å²) in [6.45, 7) is 3.88. The summed E-state index contributed by atoms with van der Waals surface area (Å²) in [4.78, 5) is 0. The quantitative estimate of drug-likeness (QED) is 0.595. The molecule has 3 aromatic carbocycles. The maximum atomic E-state index is 6.43. The molecule has 4 heteroatoms. The molecule has 1 saturated heterocycles. The third kappa shape index (κ3) is 3.50. The van der Waals surface area contributed by atoms with Gasteiger partial charge in [0.15, 0.2) is 18.0 Å². The van der Waals surface area contributed by atoms with E-state index in [2.05, 4.69) is 12.1 Å². The summed E-state index contributed by atoms with van der Waals surface area (Å²) < 4.78 is 25.5. The molecule has 148 valence electrons. The van der Waals surface area contributed by atoms with Gasteiger partial charge in [0, 0.05) is 11.1 Å². The second-order valence-electron chi connectivity index (χ2n) is 7.90. The van der Waals surface area contributed by atoms with Crippen LogP contribution in [-0.2, 0) is 9.47 Å². The molecule has 0 aromatic heterocycles. The van der Waals surface area contributed by atoms with Gasteiger partial charge in [0.05, 0.1) is 0 Å². The van der Waals surface area contributed by atoms with Crippen LogP contribution in [0.4, 0.5) is 0 Å². The van der Waals surface area contributed by atoms with E-state index in [0.717, 1.165) is 22.6 Å². The van der Waals surface area contributed by atoms with Crippen molar-refractivity contribution in [1.29, 1.82) is 0 Å². The Hall–Kier alpha value is -2.82. The minimum atomic E-state index is -0.714. The predicted octanol–water partition coefficient (Wildman–Crippen LogP) is 5.46. The van der Waals surface area contributed by atoms with E-state index in [9.17, 15) is 0 Å². The van der Waals surface area contributed by atoms with Crippen LogP contribution >= 0.6 is 0 Å². The lowest BCUT2D eigenvalue weighted by atomic mass is 9.83. The summed E-state index contributed by atoms with van der Waals surface area (Å²) in [6.07, 6.45) is -1.13. The zero-order valence-corrected chi connectivity index (χ0v) is 16.5. The van der Waals surface area contributed by atoms with Gasteiger partial charge in [-0.15, -0.1) is 0 Å². The van der Waals surface area contributed by atoms with Gasteiger partial charge >= 0.3 is 0 Å². The van der Waals surface area contributed by atoms with Crippen molar-refractivity contribution in [3.8, 4) is 11.5 Å². The first-order valence-corrected chi connectivity index (χ1v) is 9.99. The minimum absolute atomic E-state index is 0.281. The summed E-state index contributed by atoms with van der Waals surface area (Å²) in [5.41, 5.74) is 2.14. The summed E-state index contributed by atoms with van der Waals surface area (Å²) in [6, 6.07) is 27.9. The molecule has 4 nitrogen and oxygen atoms in total. The Kier molecular flexibility index (Phi) is 4.53. The highest BCUT2D eigenvalue weighted by Crippen LogP contribution is 2.49. The average molecular weight is 388 g/mol. The topological polar surface area (TPSA) is 36.9 Å². The standard InChI is InChI=1S/C25H24O4/c1-25(2)28-23-21(26-17-11-5-3-6-12-17)19-15-9-10-16-20(19)22(24(23)29-25)27-18-13-7-4-8-14-18/h3-16,21-24H,1-2H3/t21-,22-,23+,24+/m0/s1. The van der Waals surface area contributed by atoms with Crippen molar-refractivity contribution < 1.29 is 18.9 Å². The monoisotopic (exact) mass is 388 g/mol. The maximum Gasteiger partial charge on any atom is 0.164 e. The minimum Gasteiger partial charge on any atom is -0.483 e. The second kappa shape index (κ2) is 7.21. The number of fused-ring (bicyclic) bond motifs is 2. The van der Waals surface area contributed by atoms with Crippen LogP contribution in [0.5, 0.6) is 11.5 Å². The first-order chi connectivity index (χ1) is 14.1. The Morgan fingerprint density at radius 2 is 0.966 bits per heavy atom.